The van der Waals surface area contributed by atoms with Crippen LogP contribution in [0.25, 0.3) is 0 Å². The Kier molecular flexibility index (Phi) is 4.60. The number of hydrogen-bond donors (Lipinski definition) is 4. The molecule has 0 spiro atoms. The van der Waals surface area contributed by atoms with Gasteiger partial charge in [0.15, 0.2) is 5.69 Å². The summed E-state index contributed by atoms with van der Waals surface area (Å²) in [5, 5.41) is 12.2. The molecule has 0 unspecified atom stereocenters. The van der Waals surface area contributed by atoms with E-state index in [1.54, 1.807) is 0 Å². The molecule has 2 rings (SSSR count). The summed E-state index contributed by atoms with van der Waals surface area (Å²) in [6, 6.07) is 0. The molecule has 0 bridgehead atoms. The second-order valence-corrected chi connectivity index (χ2v) is 5.04. The molecule has 2 amide bonds. The van der Waals surface area contributed by atoms with Gasteiger partial charge in [0.1, 0.15) is 0 Å². The number of amides is 2. The second kappa shape index (κ2) is 6.40. The van der Waals surface area contributed by atoms with Gasteiger partial charge < -0.3 is 16.4 Å². The third kappa shape index (κ3) is 3.49. The van der Waals surface area contributed by atoms with E-state index in [-0.39, 0.29) is 23.4 Å². The molecule has 5 N–H and O–H groups in total. The number of carbonyl (C=O) groups excluding carboxylic acids is 2. The van der Waals surface area contributed by atoms with E-state index >= 15 is 0 Å². The molecule has 0 atom stereocenters. The van der Waals surface area contributed by atoms with E-state index in [4.69, 9.17) is 5.73 Å². The monoisotopic (exact) mass is 279 g/mol. The Balaban J connectivity index is 1.75. The molecule has 0 aromatic carbocycles. The van der Waals surface area contributed by atoms with Gasteiger partial charge in [-0.15, -0.1) is 0 Å². The molecule has 20 heavy (non-hydrogen) atoms. The largest absolute Gasteiger partial charge is 0.395 e. The highest BCUT2D eigenvalue weighted by Crippen LogP contribution is 2.28. The fourth-order valence-electron chi connectivity index (χ4n) is 1.94. The Bertz CT molecular complexity index is 493. The zero-order valence-corrected chi connectivity index (χ0v) is 11.7. The summed E-state index contributed by atoms with van der Waals surface area (Å²) in [5.41, 5.74) is 7.29. The molecule has 1 aromatic heterocycles. The normalized spacial score (nSPS) is 14.1. The molecular formula is C13H21N5O2. The van der Waals surface area contributed by atoms with Crippen molar-refractivity contribution in [3.8, 4) is 0 Å². The fourth-order valence-corrected chi connectivity index (χ4v) is 1.94. The fraction of sp³-hybridized carbons (Fsp3) is 0.615. The van der Waals surface area contributed by atoms with Crippen LogP contribution in [0.3, 0.4) is 0 Å². The van der Waals surface area contributed by atoms with Crippen LogP contribution in [0.4, 0.5) is 5.69 Å². The van der Waals surface area contributed by atoms with Gasteiger partial charge in [0.05, 0.1) is 11.4 Å². The van der Waals surface area contributed by atoms with E-state index in [1.807, 2.05) is 6.92 Å². The molecule has 1 aliphatic rings. The smallest absolute Gasteiger partial charge is 0.274 e. The summed E-state index contributed by atoms with van der Waals surface area (Å²) in [5.74, 6) is -0.0603. The molecule has 0 radical (unpaired) electrons. The SMILES string of the molecule is CCCc1[nH]nc(C(=O)NCCNC(=O)C2CC2)c1N. The number of nitrogens with zero attached hydrogens (tertiary/aromatic N) is 1. The number of carbonyl (C=O) groups is 2. The minimum atomic E-state index is -0.318. The summed E-state index contributed by atoms with van der Waals surface area (Å²) in [6.07, 6.45) is 3.65. The minimum Gasteiger partial charge on any atom is -0.395 e. The van der Waals surface area contributed by atoms with Gasteiger partial charge in [0, 0.05) is 19.0 Å². The zero-order valence-electron chi connectivity index (χ0n) is 11.7. The number of H-pyrrole nitrogens is 1. The van der Waals surface area contributed by atoms with Gasteiger partial charge in [-0.3, -0.25) is 14.7 Å². The molecule has 1 aliphatic carbocycles. The standard InChI is InChI=1S/C13H21N5O2/c1-2-3-9-10(14)11(18-17-9)13(20)16-7-6-15-12(19)8-4-5-8/h8H,2-7,14H2,1H3,(H,15,19)(H,16,20)(H,17,18). The summed E-state index contributed by atoms with van der Waals surface area (Å²) in [7, 11) is 0. The number of nitrogen functional groups attached to an aromatic ring is 1. The summed E-state index contributed by atoms with van der Waals surface area (Å²) >= 11 is 0. The van der Waals surface area contributed by atoms with Gasteiger partial charge in [-0.05, 0) is 19.3 Å². The first-order valence-corrected chi connectivity index (χ1v) is 7.02. The molecule has 1 aromatic rings. The van der Waals surface area contributed by atoms with Crippen molar-refractivity contribution in [3.05, 3.63) is 11.4 Å². The minimum absolute atomic E-state index is 0.0729. The van der Waals surface area contributed by atoms with Crippen LogP contribution in [-0.4, -0.2) is 35.1 Å². The van der Waals surface area contributed by atoms with E-state index in [9.17, 15) is 9.59 Å². The summed E-state index contributed by atoms with van der Waals surface area (Å²) in [6.45, 7) is 2.82. The van der Waals surface area contributed by atoms with Gasteiger partial charge in [0.2, 0.25) is 5.91 Å². The Morgan fingerprint density at radius 1 is 1.35 bits per heavy atom. The first-order valence-electron chi connectivity index (χ1n) is 7.02. The number of rotatable bonds is 7. The zero-order chi connectivity index (χ0) is 14.5. The first kappa shape index (κ1) is 14.4. The molecule has 1 fully saturated rings. The van der Waals surface area contributed by atoms with Crippen molar-refractivity contribution in [2.75, 3.05) is 18.8 Å². The average Bonchev–Trinajstić information content (AvgIpc) is 3.21. The predicted octanol–water partition coefficient (Wildman–Crippen LogP) is 0.200. The molecular weight excluding hydrogens is 258 g/mol. The number of nitrogens with two attached hydrogens (primary N) is 1. The lowest BCUT2D eigenvalue weighted by molar-refractivity contribution is -0.122. The van der Waals surface area contributed by atoms with Crippen molar-refractivity contribution in [2.45, 2.75) is 32.6 Å². The van der Waals surface area contributed by atoms with Crippen molar-refractivity contribution in [1.82, 2.24) is 20.8 Å². The molecule has 7 nitrogen and oxygen atoms in total. The molecule has 1 heterocycles. The topological polar surface area (TPSA) is 113 Å². The highest BCUT2D eigenvalue weighted by molar-refractivity contribution is 5.97. The van der Waals surface area contributed by atoms with Crippen LogP contribution in [0.5, 0.6) is 0 Å². The van der Waals surface area contributed by atoms with Crippen molar-refractivity contribution in [2.24, 2.45) is 5.92 Å². The van der Waals surface area contributed by atoms with Crippen LogP contribution in [0.15, 0.2) is 0 Å². The van der Waals surface area contributed by atoms with Crippen molar-refractivity contribution in [1.29, 1.82) is 0 Å². The van der Waals surface area contributed by atoms with Crippen LogP contribution < -0.4 is 16.4 Å². The van der Waals surface area contributed by atoms with Crippen LogP contribution in [-0.2, 0) is 11.2 Å². The number of aromatic amines is 1. The highest BCUT2D eigenvalue weighted by Gasteiger charge is 2.29. The van der Waals surface area contributed by atoms with E-state index in [2.05, 4.69) is 20.8 Å². The Labute approximate surface area is 117 Å². The lowest BCUT2D eigenvalue weighted by Crippen LogP contribution is -2.35. The number of aryl methyl sites for hydroxylation is 1. The third-order valence-electron chi connectivity index (χ3n) is 3.26. The molecule has 110 valence electrons. The lowest BCUT2D eigenvalue weighted by atomic mass is 10.2. The van der Waals surface area contributed by atoms with Crippen molar-refractivity contribution >= 4 is 17.5 Å². The Morgan fingerprint density at radius 2 is 2.05 bits per heavy atom. The van der Waals surface area contributed by atoms with Crippen LogP contribution in [0.1, 0.15) is 42.4 Å². The van der Waals surface area contributed by atoms with E-state index in [0.717, 1.165) is 31.4 Å². The summed E-state index contributed by atoms with van der Waals surface area (Å²) in [4.78, 5) is 23.3. The van der Waals surface area contributed by atoms with Crippen LogP contribution in [0.2, 0.25) is 0 Å². The van der Waals surface area contributed by atoms with Gasteiger partial charge in [0.25, 0.3) is 5.91 Å². The maximum Gasteiger partial charge on any atom is 0.274 e. The number of nitrogens with one attached hydrogen (secondary N) is 3. The number of anilines is 1. The molecule has 1 saturated carbocycles. The number of aromatic nitrogens is 2. The van der Waals surface area contributed by atoms with Crippen LogP contribution >= 0.6 is 0 Å². The van der Waals surface area contributed by atoms with Crippen LogP contribution in [0, 0.1) is 5.92 Å². The highest BCUT2D eigenvalue weighted by atomic mass is 16.2. The van der Waals surface area contributed by atoms with E-state index < -0.39 is 0 Å². The van der Waals surface area contributed by atoms with E-state index in [0.29, 0.717) is 18.8 Å². The van der Waals surface area contributed by atoms with Gasteiger partial charge in [-0.25, -0.2) is 0 Å². The average molecular weight is 279 g/mol. The first-order chi connectivity index (χ1) is 9.63. The van der Waals surface area contributed by atoms with E-state index in [1.165, 1.54) is 0 Å². The Hall–Kier alpha value is -2.05. The van der Waals surface area contributed by atoms with Gasteiger partial charge in [-0.2, -0.15) is 5.10 Å². The maximum atomic E-state index is 11.9. The predicted molar refractivity (Wildman–Crippen MR) is 75.1 cm³/mol. The number of hydrogen-bond acceptors (Lipinski definition) is 4. The van der Waals surface area contributed by atoms with Gasteiger partial charge in [-0.1, -0.05) is 13.3 Å². The molecule has 0 aliphatic heterocycles. The maximum absolute atomic E-state index is 11.9. The molecule has 7 heteroatoms. The lowest BCUT2D eigenvalue weighted by Gasteiger charge is -2.05. The van der Waals surface area contributed by atoms with Gasteiger partial charge >= 0.3 is 0 Å². The quantitative estimate of drug-likeness (QED) is 0.534. The summed E-state index contributed by atoms with van der Waals surface area (Å²) < 4.78 is 0. The van der Waals surface area contributed by atoms with Crippen molar-refractivity contribution < 1.29 is 9.59 Å². The Morgan fingerprint density at radius 3 is 2.70 bits per heavy atom. The molecule has 0 saturated heterocycles. The second-order valence-electron chi connectivity index (χ2n) is 5.04. The third-order valence-corrected chi connectivity index (χ3v) is 3.26. The van der Waals surface area contributed by atoms with Crippen molar-refractivity contribution in [3.63, 3.8) is 0 Å².